The molecule has 1 rings (SSSR count). The van der Waals surface area contributed by atoms with Gasteiger partial charge in [0.2, 0.25) is 10.0 Å². The molecule has 0 amide bonds. The fourth-order valence-electron chi connectivity index (χ4n) is 2.42. The standard InChI is InChI=1S/C13H28N4O4S2/c1-4-14-13(16-12-7-10-23(20,21)11-12)15-8-6-9-17(5-2)22(3,18)19/h12H,4-11H2,1-3H3,(H2,14,15,16). The summed E-state index contributed by atoms with van der Waals surface area (Å²) < 4.78 is 47.4. The maximum Gasteiger partial charge on any atom is 0.211 e. The molecule has 0 aromatic rings. The van der Waals surface area contributed by atoms with E-state index in [4.69, 9.17) is 0 Å². The number of nitrogens with zero attached hydrogens (tertiary/aromatic N) is 2. The van der Waals surface area contributed by atoms with Crippen molar-refractivity contribution in [2.45, 2.75) is 32.7 Å². The Morgan fingerprint density at radius 1 is 1.35 bits per heavy atom. The SMILES string of the molecule is CCNC(=NCCCN(CC)S(C)(=O)=O)NC1CCS(=O)(=O)C1. The minimum atomic E-state index is -3.17. The number of hydrogen-bond acceptors (Lipinski definition) is 5. The summed E-state index contributed by atoms with van der Waals surface area (Å²) in [5.41, 5.74) is 0. The molecule has 1 aliphatic rings. The summed E-state index contributed by atoms with van der Waals surface area (Å²) in [7, 11) is -6.10. The van der Waals surface area contributed by atoms with Crippen molar-refractivity contribution < 1.29 is 16.8 Å². The number of aliphatic imine (C=N–C) groups is 1. The lowest BCUT2D eigenvalue weighted by molar-refractivity contribution is 0.427. The van der Waals surface area contributed by atoms with Gasteiger partial charge in [-0.2, -0.15) is 0 Å². The lowest BCUT2D eigenvalue weighted by atomic mass is 10.3. The third-order valence-electron chi connectivity index (χ3n) is 3.57. The van der Waals surface area contributed by atoms with Crippen molar-refractivity contribution in [1.82, 2.24) is 14.9 Å². The summed E-state index contributed by atoms with van der Waals surface area (Å²) in [5, 5.41) is 6.21. The summed E-state index contributed by atoms with van der Waals surface area (Å²) >= 11 is 0. The molecule has 1 saturated heterocycles. The number of guanidine groups is 1. The predicted octanol–water partition coefficient (Wildman–Crippen LogP) is -0.600. The summed E-state index contributed by atoms with van der Waals surface area (Å²) in [6.07, 6.45) is 2.40. The molecule has 0 aromatic carbocycles. The zero-order chi connectivity index (χ0) is 17.5. The van der Waals surface area contributed by atoms with Gasteiger partial charge in [0, 0.05) is 32.2 Å². The van der Waals surface area contributed by atoms with E-state index in [-0.39, 0.29) is 17.5 Å². The van der Waals surface area contributed by atoms with Crippen LogP contribution < -0.4 is 10.6 Å². The second-order valence-corrected chi connectivity index (χ2v) is 9.82. The van der Waals surface area contributed by atoms with Gasteiger partial charge in [-0.1, -0.05) is 6.92 Å². The molecule has 0 bridgehead atoms. The molecule has 1 atom stereocenters. The largest absolute Gasteiger partial charge is 0.357 e. The Bertz CT molecular complexity index is 601. The molecule has 136 valence electrons. The van der Waals surface area contributed by atoms with Crippen LogP contribution in [-0.4, -0.2) is 77.1 Å². The number of rotatable bonds is 8. The van der Waals surface area contributed by atoms with Crippen LogP contribution in [0.2, 0.25) is 0 Å². The predicted molar refractivity (Wildman–Crippen MR) is 92.9 cm³/mol. The lowest BCUT2D eigenvalue weighted by Gasteiger charge is -2.18. The fraction of sp³-hybridized carbons (Fsp3) is 0.923. The molecule has 0 saturated carbocycles. The second-order valence-electron chi connectivity index (χ2n) is 5.61. The third-order valence-corrected chi connectivity index (χ3v) is 6.72. The Morgan fingerprint density at radius 2 is 2.04 bits per heavy atom. The molecule has 0 spiro atoms. The Hall–Kier alpha value is -0.870. The van der Waals surface area contributed by atoms with Crippen LogP contribution in [0.25, 0.3) is 0 Å². The van der Waals surface area contributed by atoms with Gasteiger partial charge in [-0.15, -0.1) is 0 Å². The van der Waals surface area contributed by atoms with Crippen molar-refractivity contribution in [3.63, 3.8) is 0 Å². The van der Waals surface area contributed by atoms with E-state index in [2.05, 4.69) is 15.6 Å². The first kappa shape index (κ1) is 20.2. The highest BCUT2D eigenvalue weighted by Crippen LogP contribution is 2.11. The highest BCUT2D eigenvalue weighted by Gasteiger charge is 2.28. The van der Waals surface area contributed by atoms with E-state index in [1.54, 1.807) is 6.92 Å². The van der Waals surface area contributed by atoms with Crippen molar-refractivity contribution in [1.29, 1.82) is 0 Å². The molecule has 1 fully saturated rings. The Labute approximate surface area is 139 Å². The maximum absolute atomic E-state index is 11.5. The lowest BCUT2D eigenvalue weighted by Crippen LogP contribution is -2.44. The van der Waals surface area contributed by atoms with Gasteiger partial charge in [0.25, 0.3) is 0 Å². The highest BCUT2D eigenvalue weighted by molar-refractivity contribution is 7.91. The van der Waals surface area contributed by atoms with Gasteiger partial charge in [0.15, 0.2) is 15.8 Å². The molecule has 1 aliphatic heterocycles. The molecule has 10 heteroatoms. The summed E-state index contributed by atoms with van der Waals surface area (Å²) in [6, 6.07) is -0.110. The number of nitrogens with one attached hydrogen (secondary N) is 2. The van der Waals surface area contributed by atoms with Gasteiger partial charge < -0.3 is 10.6 Å². The molecule has 0 aliphatic carbocycles. The van der Waals surface area contributed by atoms with E-state index < -0.39 is 19.9 Å². The monoisotopic (exact) mass is 368 g/mol. The number of hydrogen-bond donors (Lipinski definition) is 2. The quantitative estimate of drug-likeness (QED) is 0.336. The van der Waals surface area contributed by atoms with Crippen molar-refractivity contribution in [3.8, 4) is 0 Å². The van der Waals surface area contributed by atoms with E-state index in [1.807, 2.05) is 6.92 Å². The summed E-state index contributed by atoms with van der Waals surface area (Å²) in [6.45, 7) is 5.76. The zero-order valence-corrected chi connectivity index (χ0v) is 15.7. The Morgan fingerprint density at radius 3 is 2.52 bits per heavy atom. The van der Waals surface area contributed by atoms with Gasteiger partial charge in [0.05, 0.1) is 17.8 Å². The van der Waals surface area contributed by atoms with Crippen molar-refractivity contribution in [3.05, 3.63) is 0 Å². The molecular weight excluding hydrogens is 340 g/mol. The van der Waals surface area contributed by atoms with E-state index in [1.165, 1.54) is 10.6 Å². The fourth-order valence-corrected chi connectivity index (χ4v) is 5.02. The average molecular weight is 369 g/mol. The van der Waals surface area contributed by atoms with Crippen molar-refractivity contribution >= 4 is 25.8 Å². The first-order valence-electron chi connectivity index (χ1n) is 7.88. The Balaban J connectivity index is 2.49. The first-order chi connectivity index (χ1) is 10.7. The number of sulfone groups is 1. The average Bonchev–Trinajstić information content (AvgIpc) is 2.76. The van der Waals surface area contributed by atoms with Gasteiger partial charge in [-0.3, -0.25) is 4.99 Å². The van der Waals surface area contributed by atoms with Crippen LogP contribution in [0.1, 0.15) is 26.7 Å². The normalized spacial score (nSPS) is 21.6. The van der Waals surface area contributed by atoms with Crippen LogP contribution in [-0.2, 0) is 19.9 Å². The first-order valence-corrected chi connectivity index (χ1v) is 11.5. The second kappa shape index (κ2) is 8.84. The van der Waals surface area contributed by atoms with E-state index in [0.717, 1.165) is 0 Å². The molecule has 0 aromatic heterocycles. The molecule has 23 heavy (non-hydrogen) atoms. The van der Waals surface area contributed by atoms with Gasteiger partial charge in [-0.05, 0) is 19.8 Å². The summed E-state index contributed by atoms with van der Waals surface area (Å²) in [4.78, 5) is 4.39. The summed E-state index contributed by atoms with van der Waals surface area (Å²) in [5.74, 6) is 0.927. The van der Waals surface area contributed by atoms with Crippen LogP contribution in [0.5, 0.6) is 0 Å². The van der Waals surface area contributed by atoms with Gasteiger partial charge in [0.1, 0.15) is 0 Å². The molecule has 1 unspecified atom stereocenters. The minimum Gasteiger partial charge on any atom is -0.357 e. The molecule has 2 N–H and O–H groups in total. The van der Waals surface area contributed by atoms with Crippen LogP contribution in [0.4, 0.5) is 0 Å². The highest BCUT2D eigenvalue weighted by atomic mass is 32.2. The molecule has 1 heterocycles. The zero-order valence-electron chi connectivity index (χ0n) is 14.1. The smallest absolute Gasteiger partial charge is 0.211 e. The van der Waals surface area contributed by atoms with E-state index in [9.17, 15) is 16.8 Å². The van der Waals surface area contributed by atoms with Crippen molar-refractivity contribution in [2.24, 2.45) is 4.99 Å². The topological polar surface area (TPSA) is 108 Å². The van der Waals surface area contributed by atoms with E-state index in [0.29, 0.717) is 45.0 Å². The third kappa shape index (κ3) is 7.49. The number of sulfonamides is 1. The van der Waals surface area contributed by atoms with Crippen LogP contribution in [0.3, 0.4) is 0 Å². The maximum atomic E-state index is 11.5. The molecular formula is C13H28N4O4S2. The van der Waals surface area contributed by atoms with Crippen molar-refractivity contribution in [2.75, 3.05) is 43.9 Å². The molecule has 0 radical (unpaired) electrons. The van der Waals surface area contributed by atoms with E-state index >= 15 is 0 Å². The minimum absolute atomic E-state index is 0.110. The molecule has 8 nitrogen and oxygen atoms in total. The van der Waals surface area contributed by atoms with Crippen LogP contribution in [0, 0.1) is 0 Å². The van der Waals surface area contributed by atoms with Gasteiger partial charge in [-0.25, -0.2) is 21.1 Å². The van der Waals surface area contributed by atoms with Crippen LogP contribution in [0.15, 0.2) is 4.99 Å². The van der Waals surface area contributed by atoms with Crippen LogP contribution >= 0.6 is 0 Å². The van der Waals surface area contributed by atoms with Gasteiger partial charge >= 0.3 is 0 Å². The Kier molecular flexibility index (Phi) is 7.75.